The van der Waals surface area contributed by atoms with E-state index < -0.39 is 0 Å². The van der Waals surface area contributed by atoms with Crippen molar-refractivity contribution in [3.05, 3.63) is 32.8 Å². The maximum atomic E-state index is 12.0. The van der Waals surface area contributed by atoms with Crippen molar-refractivity contribution in [3.63, 3.8) is 0 Å². The second-order valence-electron chi connectivity index (χ2n) is 5.06. The minimum atomic E-state index is -0.348. The zero-order chi connectivity index (χ0) is 17.0. The Kier molecular flexibility index (Phi) is 5.97. The van der Waals surface area contributed by atoms with Gasteiger partial charge in [-0.05, 0) is 45.8 Å². The highest BCUT2D eigenvalue weighted by Crippen LogP contribution is 2.42. The smallest absolute Gasteiger partial charge is 0.225 e. The summed E-state index contributed by atoms with van der Waals surface area (Å²) in [5.41, 5.74) is 1.30. The lowest BCUT2D eigenvalue weighted by molar-refractivity contribution is -0.120. The predicted octanol–water partition coefficient (Wildman–Crippen LogP) is 3.65. The summed E-state index contributed by atoms with van der Waals surface area (Å²) in [7, 11) is 1.46. The number of rotatable bonds is 5. The van der Waals surface area contributed by atoms with E-state index in [1.807, 2.05) is 6.92 Å². The molecule has 1 aliphatic rings. The summed E-state index contributed by atoms with van der Waals surface area (Å²) in [5.74, 6) is 0.672. The molecule has 2 N–H and O–H groups in total. The number of phenols is 1. The van der Waals surface area contributed by atoms with Crippen molar-refractivity contribution in [3.8, 4) is 17.6 Å². The number of nitrogens with one attached hydrogen (secondary N) is 1. The van der Waals surface area contributed by atoms with Crippen molar-refractivity contribution < 1.29 is 14.6 Å². The highest BCUT2D eigenvalue weighted by atomic mass is 79.9. The fourth-order valence-corrected chi connectivity index (χ4v) is 3.77. The van der Waals surface area contributed by atoms with Gasteiger partial charge in [0.2, 0.25) is 5.91 Å². The molecular formula is C16H17BrN2O3S. The largest absolute Gasteiger partial charge is 0.503 e. The molecule has 1 heterocycles. The summed E-state index contributed by atoms with van der Waals surface area (Å²) >= 11 is 4.77. The molecule has 7 heteroatoms. The number of carbonyl (C=O) groups is 1. The molecular weight excluding hydrogens is 380 g/mol. The summed E-state index contributed by atoms with van der Waals surface area (Å²) in [6, 6.07) is 5.62. The van der Waals surface area contributed by atoms with Gasteiger partial charge in [0.05, 0.1) is 28.3 Å². The van der Waals surface area contributed by atoms with Crippen molar-refractivity contribution in [1.82, 2.24) is 5.32 Å². The topological polar surface area (TPSA) is 82.3 Å². The monoisotopic (exact) mass is 396 g/mol. The van der Waals surface area contributed by atoms with Crippen LogP contribution >= 0.6 is 27.7 Å². The number of allylic oxidation sites excluding steroid dienone is 1. The van der Waals surface area contributed by atoms with Crippen molar-refractivity contribution in [1.29, 1.82) is 5.26 Å². The van der Waals surface area contributed by atoms with Crippen LogP contribution in [0.3, 0.4) is 0 Å². The lowest BCUT2D eigenvalue weighted by Gasteiger charge is -2.25. The number of nitrogens with zero attached hydrogens (tertiary/aromatic N) is 1. The summed E-state index contributed by atoms with van der Waals surface area (Å²) in [4.78, 5) is 12.0. The van der Waals surface area contributed by atoms with Crippen LogP contribution in [0.1, 0.15) is 31.2 Å². The van der Waals surface area contributed by atoms with Gasteiger partial charge in [0, 0.05) is 12.3 Å². The molecule has 1 amide bonds. The molecule has 0 fully saturated rings. The Morgan fingerprint density at radius 3 is 2.91 bits per heavy atom. The number of aromatic hydroxyl groups is 1. The predicted molar refractivity (Wildman–Crippen MR) is 93.2 cm³/mol. The van der Waals surface area contributed by atoms with Crippen LogP contribution in [0.2, 0.25) is 0 Å². The van der Waals surface area contributed by atoms with Crippen LogP contribution in [0.5, 0.6) is 11.5 Å². The van der Waals surface area contributed by atoms with Crippen LogP contribution in [-0.4, -0.2) is 23.9 Å². The number of carbonyl (C=O) groups excluding carboxylic acids is 1. The first kappa shape index (κ1) is 17.7. The average molecular weight is 397 g/mol. The van der Waals surface area contributed by atoms with Crippen molar-refractivity contribution in [2.75, 3.05) is 12.9 Å². The Hall–Kier alpha value is -1.65. The molecule has 0 bridgehead atoms. The highest BCUT2D eigenvalue weighted by molar-refractivity contribution is 9.10. The van der Waals surface area contributed by atoms with Gasteiger partial charge in [0.25, 0.3) is 0 Å². The van der Waals surface area contributed by atoms with Crippen molar-refractivity contribution >= 4 is 33.6 Å². The molecule has 0 radical (unpaired) electrons. The van der Waals surface area contributed by atoms with Crippen molar-refractivity contribution in [2.24, 2.45) is 0 Å². The lowest BCUT2D eigenvalue weighted by atomic mass is 9.87. The number of methoxy groups -OCH3 is 1. The quantitative estimate of drug-likeness (QED) is 0.793. The first-order chi connectivity index (χ1) is 11.0. The zero-order valence-electron chi connectivity index (χ0n) is 12.9. The summed E-state index contributed by atoms with van der Waals surface area (Å²) in [5, 5.41) is 22.9. The number of phenolic OH excluding ortho intramolecular Hbond substituents is 1. The molecule has 1 aliphatic heterocycles. The number of hydrogen-bond acceptors (Lipinski definition) is 5. The van der Waals surface area contributed by atoms with Gasteiger partial charge in [-0.3, -0.25) is 4.79 Å². The number of benzene rings is 1. The number of nitriles is 1. The van der Waals surface area contributed by atoms with E-state index in [0.29, 0.717) is 20.8 Å². The minimum absolute atomic E-state index is 0.000389. The van der Waals surface area contributed by atoms with E-state index in [-0.39, 0.29) is 24.0 Å². The van der Waals surface area contributed by atoms with E-state index in [0.717, 1.165) is 17.7 Å². The van der Waals surface area contributed by atoms with Gasteiger partial charge in [0.1, 0.15) is 0 Å². The number of amides is 1. The number of thioether (sulfide) groups is 1. The molecule has 0 aliphatic carbocycles. The fourth-order valence-electron chi connectivity index (χ4n) is 2.37. The van der Waals surface area contributed by atoms with E-state index >= 15 is 0 Å². The second-order valence-corrected chi connectivity index (χ2v) is 7.02. The van der Waals surface area contributed by atoms with E-state index in [1.165, 1.54) is 18.9 Å². The Balaban J connectivity index is 2.50. The Morgan fingerprint density at radius 1 is 1.57 bits per heavy atom. The van der Waals surface area contributed by atoms with Crippen LogP contribution < -0.4 is 10.1 Å². The molecule has 0 saturated heterocycles. The average Bonchev–Trinajstić information content (AvgIpc) is 2.54. The molecule has 2 rings (SSSR count). The molecule has 1 aromatic rings. The third-order valence-corrected chi connectivity index (χ3v) is 5.31. The molecule has 1 atom stereocenters. The van der Waals surface area contributed by atoms with Gasteiger partial charge in [0.15, 0.2) is 11.5 Å². The number of ether oxygens (including phenoxy) is 1. The number of hydrogen-bond donors (Lipinski definition) is 2. The fraction of sp³-hybridized carbons (Fsp3) is 0.375. The maximum Gasteiger partial charge on any atom is 0.225 e. The number of halogens is 1. The summed E-state index contributed by atoms with van der Waals surface area (Å²) in [6.45, 7) is 2.05. The molecule has 5 nitrogen and oxygen atoms in total. The van der Waals surface area contributed by atoms with Crippen LogP contribution in [0.4, 0.5) is 0 Å². The first-order valence-corrected chi connectivity index (χ1v) is 8.93. The van der Waals surface area contributed by atoms with Gasteiger partial charge in [-0.1, -0.05) is 6.92 Å². The molecule has 0 unspecified atom stereocenters. The third-order valence-electron chi connectivity index (χ3n) is 3.48. The van der Waals surface area contributed by atoms with E-state index in [1.54, 1.807) is 12.1 Å². The molecule has 1 aromatic carbocycles. The van der Waals surface area contributed by atoms with Crippen molar-refractivity contribution in [2.45, 2.75) is 25.7 Å². The van der Waals surface area contributed by atoms with Gasteiger partial charge >= 0.3 is 0 Å². The second kappa shape index (κ2) is 7.75. The van der Waals surface area contributed by atoms with E-state index in [9.17, 15) is 15.2 Å². The van der Waals surface area contributed by atoms with E-state index in [4.69, 9.17) is 4.74 Å². The first-order valence-electron chi connectivity index (χ1n) is 7.15. The van der Waals surface area contributed by atoms with Gasteiger partial charge in [-0.2, -0.15) is 5.26 Å². The minimum Gasteiger partial charge on any atom is -0.503 e. The standard InChI is InChI=1S/C16H17BrN2O3S/c1-3-4-23-16-11(8-18)10(7-14(20)19-16)9-5-12(17)15(21)13(6-9)22-2/h5-6,10,21H,3-4,7H2,1-2H3,(H,19,20)/t10-/m0/s1. The van der Waals surface area contributed by atoms with Crippen LogP contribution in [0.15, 0.2) is 27.2 Å². The molecule has 122 valence electrons. The molecule has 0 saturated carbocycles. The maximum absolute atomic E-state index is 12.0. The molecule has 0 spiro atoms. The van der Waals surface area contributed by atoms with Crippen LogP contribution in [0, 0.1) is 11.3 Å². The third kappa shape index (κ3) is 3.82. The Labute approximate surface area is 147 Å². The SMILES string of the molecule is CCCSC1=C(C#N)[C@H](c2cc(Br)c(O)c(OC)c2)CC(=O)N1. The van der Waals surface area contributed by atoms with Crippen LogP contribution in [0.25, 0.3) is 0 Å². The zero-order valence-corrected chi connectivity index (χ0v) is 15.3. The Morgan fingerprint density at radius 2 is 2.30 bits per heavy atom. The molecule has 23 heavy (non-hydrogen) atoms. The highest BCUT2D eigenvalue weighted by Gasteiger charge is 2.30. The summed E-state index contributed by atoms with van der Waals surface area (Å²) in [6.07, 6.45) is 1.14. The molecule has 0 aromatic heterocycles. The van der Waals surface area contributed by atoms with Crippen LogP contribution in [-0.2, 0) is 4.79 Å². The van der Waals surface area contributed by atoms with Gasteiger partial charge in [-0.25, -0.2) is 0 Å². The summed E-state index contributed by atoms with van der Waals surface area (Å²) < 4.78 is 5.63. The van der Waals surface area contributed by atoms with E-state index in [2.05, 4.69) is 27.3 Å². The Bertz CT molecular complexity index is 697. The van der Waals surface area contributed by atoms with Gasteiger partial charge in [-0.15, -0.1) is 11.8 Å². The van der Waals surface area contributed by atoms with Gasteiger partial charge < -0.3 is 15.2 Å². The normalized spacial score (nSPS) is 17.7. The lowest BCUT2D eigenvalue weighted by Crippen LogP contribution is -2.31.